The highest BCUT2D eigenvalue weighted by molar-refractivity contribution is 5.81. The number of rotatable bonds is 4. The summed E-state index contributed by atoms with van der Waals surface area (Å²) in [6, 6.07) is 5.67. The zero-order valence-electron chi connectivity index (χ0n) is 13.0. The number of benzene rings is 1. The number of likely N-dealkylation sites (N-methyl/N-ethyl adjacent to an activating group) is 1. The van der Waals surface area contributed by atoms with Gasteiger partial charge in [0, 0.05) is 37.9 Å². The van der Waals surface area contributed by atoms with Crippen LogP contribution in [0, 0.1) is 0 Å². The molecule has 0 radical (unpaired) electrons. The van der Waals surface area contributed by atoms with Crippen molar-refractivity contribution in [3.05, 3.63) is 18.2 Å². The molecular weight excluding hydrogens is 282 g/mol. The van der Waals surface area contributed by atoms with Crippen LogP contribution >= 0.6 is 0 Å². The van der Waals surface area contributed by atoms with E-state index in [1.54, 1.807) is 0 Å². The summed E-state index contributed by atoms with van der Waals surface area (Å²) in [6.07, 6.45) is 0. The molecule has 0 aromatic heterocycles. The first kappa shape index (κ1) is 15.0. The normalized spacial score (nSPS) is 18.1. The number of nitrogens with zero attached hydrogens (tertiary/aromatic N) is 2. The van der Waals surface area contributed by atoms with Crippen LogP contribution in [0.5, 0.6) is 11.5 Å². The number of hydrogen-bond donors (Lipinski definition) is 1. The van der Waals surface area contributed by atoms with Crippen LogP contribution in [0.2, 0.25) is 0 Å². The molecule has 22 heavy (non-hydrogen) atoms. The van der Waals surface area contributed by atoms with Gasteiger partial charge >= 0.3 is 0 Å². The first-order chi connectivity index (χ1) is 10.8. The van der Waals surface area contributed by atoms with Gasteiger partial charge in [-0.1, -0.05) is 6.92 Å². The smallest absolute Gasteiger partial charge is 0.241 e. The van der Waals surface area contributed by atoms with Gasteiger partial charge in [0.1, 0.15) is 13.2 Å². The average molecular weight is 305 g/mol. The Morgan fingerprint density at radius 2 is 1.86 bits per heavy atom. The van der Waals surface area contributed by atoms with Gasteiger partial charge in [-0.25, -0.2) is 0 Å². The molecule has 1 aromatic rings. The number of fused-ring (bicyclic) bond motifs is 1. The number of piperazine rings is 1. The van der Waals surface area contributed by atoms with E-state index in [2.05, 4.69) is 17.1 Å². The van der Waals surface area contributed by atoms with Crippen molar-refractivity contribution in [1.82, 2.24) is 9.80 Å². The van der Waals surface area contributed by atoms with Crippen LogP contribution < -0.4 is 14.8 Å². The van der Waals surface area contributed by atoms with E-state index in [1.165, 1.54) is 0 Å². The van der Waals surface area contributed by atoms with Crippen molar-refractivity contribution >= 4 is 11.6 Å². The van der Waals surface area contributed by atoms with Crippen LogP contribution in [0.4, 0.5) is 5.69 Å². The Hall–Kier alpha value is -1.95. The highest BCUT2D eigenvalue weighted by Gasteiger charge is 2.20. The second kappa shape index (κ2) is 6.87. The number of nitrogens with one attached hydrogen (secondary N) is 1. The summed E-state index contributed by atoms with van der Waals surface area (Å²) < 4.78 is 11.0. The number of anilines is 1. The second-order valence-corrected chi connectivity index (χ2v) is 5.53. The molecular formula is C16H23N3O3. The first-order valence-corrected chi connectivity index (χ1v) is 7.90. The molecule has 120 valence electrons. The predicted molar refractivity (Wildman–Crippen MR) is 84.6 cm³/mol. The fourth-order valence-electron chi connectivity index (χ4n) is 2.76. The van der Waals surface area contributed by atoms with E-state index in [-0.39, 0.29) is 5.91 Å². The summed E-state index contributed by atoms with van der Waals surface area (Å²) in [4.78, 5) is 16.5. The standard InChI is InChI=1S/C16H23N3O3/c1-2-18-5-7-19(8-6-18)16(20)12-17-13-3-4-14-15(11-13)22-10-9-21-14/h3-4,11,17H,2,5-10,12H2,1H3. The van der Waals surface area contributed by atoms with Crippen LogP contribution in [0.1, 0.15) is 6.92 Å². The molecule has 2 aliphatic rings. The maximum atomic E-state index is 12.2. The quantitative estimate of drug-likeness (QED) is 0.900. The molecule has 1 N–H and O–H groups in total. The van der Waals surface area contributed by atoms with E-state index in [9.17, 15) is 4.79 Å². The zero-order chi connectivity index (χ0) is 15.4. The zero-order valence-corrected chi connectivity index (χ0v) is 13.0. The topological polar surface area (TPSA) is 54.0 Å². The van der Waals surface area contributed by atoms with Crippen molar-refractivity contribution in [1.29, 1.82) is 0 Å². The molecule has 0 atom stereocenters. The summed E-state index contributed by atoms with van der Waals surface area (Å²) in [5.74, 6) is 1.64. The van der Waals surface area contributed by atoms with Gasteiger partial charge in [-0.3, -0.25) is 4.79 Å². The third-order valence-corrected chi connectivity index (χ3v) is 4.16. The maximum Gasteiger partial charge on any atom is 0.241 e. The van der Waals surface area contributed by atoms with Crippen LogP contribution in [0.25, 0.3) is 0 Å². The summed E-state index contributed by atoms with van der Waals surface area (Å²) in [5.41, 5.74) is 0.879. The van der Waals surface area contributed by atoms with Gasteiger partial charge in [-0.15, -0.1) is 0 Å². The average Bonchev–Trinajstić information content (AvgIpc) is 2.59. The van der Waals surface area contributed by atoms with Crippen molar-refractivity contribution in [2.24, 2.45) is 0 Å². The minimum atomic E-state index is 0.144. The van der Waals surface area contributed by atoms with Gasteiger partial charge in [0.2, 0.25) is 5.91 Å². The molecule has 0 saturated carbocycles. The van der Waals surface area contributed by atoms with Gasteiger partial charge in [0.05, 0.1) is 6.54 Å². The minimum absolute atomic E-state index is 0.144. The third kappa shape index (κ3) is 3.44. The molecule has 1 saturated heterocycles. The number of hydrogen-bond acceptors (Lipinski definition) is 5. The van der Waals surface area contributed by atoms with Crippen LogP contribution in [0.15, 0.2) is 18.2 Å². The highest BCUT2D eigenvalue weighted by atomic mass is 16.6. The lowest BCUT2D eigenvalue weighted by atomic mass is 10.2. The Bertz CT molecular complexity index is 527. The molecule has 0 bridgehead atoms. The van der Waals surface area contributed by atoms with E-state index >= 15 is 0 Å². The van der Waals surface area contributed by atoms with E-state index in [4.69, 9.17) is 9.47 Å². The Kier molecular flexibility index (Phi) is 4.68. The molecule has 0 unspecified atom stereocenters. The first-order valence-electron chi connectivity index (χ1n) is 7.90. The van der Waals surface area contributed by atoms with Gasteiger partial charge in [0.15, 0.2) is 11.5 Å². The lowest BCUT2D eigenvalue weighted by Crippen LogP contribution is -2.49. The summed E-state index contributed by atoms with van der Waals surface area (Å²) in [6.45, 7) is 8.23. The molecule has 1 amide bonds. The van der Waals surface area contributed by atoms with Crippen molar-refractivity contribution in [3.63, 3.8) is 0 Å². The molecule has 6 nitrogen and oxygen atoms in total. The van der Waals surface area contributed by atoms with Crippen molar-refractivity contribution < 1.29 is 14.3 Å². The number of carbonyl (C=O) groups is 1. The Balaban J connectivity index is 1.51. The van der Waals surface area contributed by atoms with Crippen LogP contribution in [-0.2, 0) is 4.79 Å². The Morgan fingerprint density at radius 1 is 1.14 bits per heavy atom. The summed E-state index contributed by atoms with van der Waals surface area (Å²) in [7, 11) is 0. The lowest BCUT2D eigenvalue weighted by Gasteiger charge is -2.34. The van der Waals surface area contributed by atoms with Crippen LogP contribution in [0.3, 0.4) is 0 Å². The van der Waals surface area contributed by atoms with Crippen molar-refractivity contribution in [3.8, 4) is 11.5 Å². The SMILES string of the molecule is CCN1CCN(C(=O)CNc2ccc3c(c2)OCCO3)CC1. The van der Waals surface area contributed by atoms with Gasteiger partial charge in [0.25, 0.3) is 0 Å². The fraction of sp³-hybridized carbons (Fsp3) is 0.562. The second-order valence-electron chi connectivity index (χ2n) is 5.53. The van der Waals surface area contributed by atoms with Gasteiger partial charge < -0.3 is 24.6 Å². The van der Waals surface area contributed by atoms with E-state index in [0.717, 1.165) is 49.9 Å². The molecule has 0 spiro atoms. The molecule has 2 heterocycles. The van der Waals surface area contributed by atoms with Gasteiger partial charge in [-0.05, 0) is 18.7 Å². The monoisotopic (exact) mass is 305 g/mol. The molecule has 0 aliphatic carbocycles. The number of amides is 1. The fourth-order valence-corrected chi connectivity index (χ4v) is 2.76. The third-order valence-electron chi connectivity index (χ3n) is 4.16. The molecule has 1 fully saturated rings. The van der Waals surface area contributed by atoms with Crippen LogP contribution in [-0.4, -0.2) is 68.2 Å². The summed E-state index contributed by atoms with van der Waals surface area (Å²) >= 11 is 0. The number of ether oxygens (including phenoxy) is 2. The van der Waals surface area contributed by atoms with E-state index in [1.807, 2.05) is 23.1 Å². The van der Waals surface area contributed by atoms with E-state index in [0.29, 0.717) is 19.8 Å². The Labute approximate surface area is 131 Å². The lowest BCUT2D eigenvalue weighted by molar-refractivity contribution is -0.131. The predicted octanol–water partition coefficient (Wildman–Crippen LogP) is 1.03. The van der Waals surface area contributed by atoms with Crippen molar-refractivity contribution in [2.45, 2.75) is 6.92 Å². The Morgan fingerprint density at radius 3 is 2.59 bits per heavy atom. The highest BCUT2D eigenvalue weighted by Crippen LogP contribution is 2.32. The molecule has 6 heteroatoms. The summed E-state index contributed by atoms with van der Waals surface area (Å²) in [5, 5.41) is 3.18. The van der Waals surface area contributed by atoms with E-state index < -0.39 is 0 Å². The largest absolute Gasteiger partial charge is 0.486 e. The number of carbonyl (C=O) groups excluding carboxylic acids is 1. The minimum Gasteiger partial charge on any atom is -0.486 e. The molecule has 1 aromatic carbocycles. The van der Waals surface area contributed by atoms with Gasteiger partial charge in [-0.2, -0.15) is 0 Å². The maximum absolute atomic E-state index is 12.2. The molecule has 3 rings (SSSR count). The molecule has 2 aliphatic heterocycles. The van der Waals surface area contributed by atoms with Crippen molar-refractivity contribution in [2.75, 3.05) is 57.8 Å².